The van der Waals surface area contributed by atoms with Crippen LogP contribution in [0.15, 0.2) is 42.5 Å². The van der Waals surface area contributed by atoms with Gasteiger partial charge in [-0.25, -0.2) is 0 Å². The summed E-state index contributed by atoms with van der Waals surface area (Å²) in [5.74, 6) is -0.364. The molecule has 0 saturated heterocycles. The Balaban J connectivity index is 2.09. The summed E-state index contributed by atoms with van der Waals surface area (Å²) in [6.45, 7) is 0.334. The molecule has 0 unspecified atom stereocenters. The molecule has 4 nitrogen and oxygen atoms in total. The molecule has 2 aromatic rings. The van der Waals surface area contributed by atoms with Crippen LogP contribution in [0.1, 0.15) is 21.5 Å². The number of phenolic OH excluding ortho intramolecular Hbond substituents is 1. The zero-order chi connectivity index (χ0) is 15.4. The van der Waals surface area contributed by atoms with Crippen LogP contribution >= 0.6 is 34.8 Å². The maximum Gasteiger partial charge on any atom is 0.255 e. The van der Waals surface area contributed by atoms with Crippen LogP contribution in [0.25, 0.3) is 0 Å². The van der Waals surface area contributed by atoms with Gasteiger partial charge in [0.25, 0.3) is 5.91 Å². The maximum atomic E-state index is 12.1. The first-order valence-corrected chi connectivity index (χ1v) is 7.61. The summed E-state index contributed by atoms with van der Waals surface area (Å²) >= 11 is 7.01. The lowest BCUT2D eigenvalue weighted by atomic mass is 10.1. The number of hydrogen-bond acceptors (Lipinski definition) is 3. The highest BCUT2D eigenvalue weighted by Crippen LogP contribution is 2.19. The van der Waals surface area contributed by atoms with Gasteiger partial charge in [0.05, 0.1) is 5.56 Å². The van der Waals surface area contributed by atoms with E-state index in [0.29, 0.717) is 11.5 Å². The van der Waals surface area contributed by atoms with E-state index < -0.39 is 0 Å². The van der Waals surface area contributed by atoms with Crippen LogP contribution in [0, 0.1) is 3.57 Å². The van der Waals surface area contributed by atoms with Crippen molar-refractivity contribution >= 4 is 45.7 Å². The zero-order valence-electron chi connectivity index (χ0n) is 11.0. The molecule has 0 aliphatic heterocycles. The molecule has 0 bridgehead atoms. The lowest BCUT2D eigenvalue weighted by molar-refractivity contribution is 0.0948. The summed E-state index contributed by atoms with van der Waals surface area (Å²) in [6, 6.07) is 12.2. The number of carbonyl (C=O) groups is 1. The summed E-state index contributed by atoms with van der Waals surface area (Å²) in [7, 11) is 0. The molecule has 0 fully saturated rings. The number of phenols is 1. The van der Waals surface area contributed by atoms with Gasteiger partial charge in [-0.1, -0.05) is 30.4 Å². The average molecular weight is 412 g/mol. The van der Waals surface area contributed by atoms with Crippen molar-refractivity contribution in [2.75, 3.05) is 0 Å². The van der Waals surface area contributed by atoms with Crippen LogP contribution in [0.2, 0.25) is 0 Å². The van der Waals surface area contributed by atoms with Crippen LogP contribution in [0.3, 0.4) is 0 Å². The number of carbonyl (C=O) groups excluding carboxylic acids is 1. The van der Waals surface area contributed by atoms with Gasteiger partial charge < -0.3 is 16.2 Å². The fourth-order valence-electron chi connectivity index (χ4n) is 1.80. The van der Waals surface area contributed by atoms with Gasteiger partial charge >= 0.3 is 0 Å². The molecule has 0 aliphatic carbocycles. The lowest BCUT2D eigenvalue weighted by Gasteiger charge is -2.08. The van der Waals surface area contributed by atoms with Gasteiger partial charge in [-0.3, -0.25) is 4.79 Å². The van der Waals surface area contributed by atoms with E-state index in [4.69, 9.17) is 18.0 Å². The Kier molecular flexibility index (Phi) is 5.13. The van der Waals surface area contributed by atoms with Crippen LogP contribution < -0.4 is 11.1 Å². The third kappa shape index (κ3) is 4.15. The molecule has 0 spiro atoms. The standard InChI is InChI=1S/C15H13IN2O2S/c16-11-4-5-13(19)12(7-11)15(20)18-8-9-2-1-3-10(6-9)14(17)21/h1-7,19H,8H2,(H2,17,21)(H,18,20). The summed E-state index contributed by atoms with van der Waals surface area (Å²) in [6.07, 6.45) is 0. The van der Waals surface area contributed by atoms with Crippen LogP contribution in [0.4, 0.5) is 0 Å². The molecular weight excluding hydrogens is 399 g/mol. The number of rotatable bonds is 4. The van der Waals surface area contributed by atoms with E-state index in [1.165, 1.54) is 6.07 Å². The van der Waals surface area contributed by atoms with E-state index in [2.05, 4.69) is 27.9 Å². The normalized spacial score (nSPS) is 10.1. The highest BCUT2D eigenvalue weighted by atomic mass is 127. The highest BCUT2D eigenvalue weighted by Gasteiger charge is 2.11. The second-order valence-corrected chi connectivity index (χ2v) is 6.09. The number of thiocarbonyl (C=S) groups is 1. The number of amides is 1. The Morgan fingerprint density at radius 2 is 2.05 bits per heavy atom. The molecule has 2 aromatic carbocycles. The molecule has 6 heteroatoms. The largest absolute Gasteiger partial charge is 0.507 e. The molecule has 2 rings (SSSR count). The van der Waals surface area contributed by atoms with Gasteiger partial charge in [0.2, 0.25) is 0 Å². The van der Waals surface area contributed by atoms with Gasteiger partial charge in [-0.15, -0.1) is 0 Å². The number of halogens is 1. The molecule has 0 aromatic heterocycles. The SMILES string of the molecule is NC(=S)c1cccc(CNC(=O)c2cc(I)ccc2O)c1. The van der Waals surface area contributed by atoms with E-state index in [0.717, 1.165) is 14.7 Å². The van der Waals surface area contributed by atoms with Gasteiger partial charge in [-0.05, 0) is 52.4 Å². The van der Waals surface area contributed by atoms with Gasteiger partial charge in [0.15, 0.2) is 0 Å². The van der Waals surface area contributed by atoms with Crippen molar-refractivity contribution in [2.24, 2.45) is 5.73 Å². The monoisotopic (exact) mass is 412 g/mol. The fourth-order valence-corrected chi connectivity index (χ4v) is 2.42. The Morgan fingerprint density at radius 3 is 2.76 bits per heavy atom. The first-order valence-electron chi connectivity index (χ1n) is 6.13. The summed E-state index contributed by atoms with van der Waals surface area (Å²) < 4.78 is 0.881. The topological polar surface area (TPSA) is 75.3 Å². The van der Waals surface area contributed by atoms with E-state index in [1.807, 2.05) is 24.3 Å². The minimum Gasteiger partial charge on any atom is -0.507 e. The van der Waals surface area contributed by atoms with E-state index >= 15 is 0 Å². The maximum absolute atomic E-state index is 12.1. The second-order valence-electron chi connectivity index (χ2n) is 4.41. The van der Waals surface area contributed by atoms with E-state index in [1.54, 1.807) is 12.1 Å². The van der Waals surface area contributed by atoms with Gasteiger partial charge in [0, 0.05) is 15.7 Å². The highest BCUT2D eigenvalue weighted by molar-refractivity contribution is 14.1. The molecule has 1 amide bonds. The molecule has 108 valence electrons. The zero-order valence-corrected chi connectivity index (χ0v) is 13.9. The van der Waals surface area contributed by atoms with E-state index in [9.17, 15) is 9.90 Å². The van der Waals surface area contributed by atoms with Gasteiger partial charge in [-0.2, -0.15) is 0 Å². The number of hydrogen-bond donors (Lipinski definition) is 3. The van der Waals surface area contributed by atoms with E-state index in [-0.39, 0.29) is 17.2 Å². The van der Waals surface area contributed by atoms with Crippen molar-refractivity contribution in [1.82, 2.24) is 5.32 Å². The summed E-state index contributed by atoms with van der Waals surface area (Å²) in [5.41, 5.74) is 7.48. The molecule has 21 heavy (non-hydrogen) atoms. The van der Waals surface area contributed by atoms with Crippen molar-refractivity contribution in [3.63, 3.8) is 0 Å². The summed E-state index contributed by atoms with van der Waals surface area (Å²) in [5, 5.41) is 12.5. The fraction of sp³-hybridized carbons (Fsp3) is 0.0667. The molecule has 0 saturated carbocycles. The second kappa shape index (κ2) is 6.86. The van der Waals surface area contributed by atoms with Crippen LogP contribution in [-0.2, 0) is 6.54 Å². The Morgan fingerprint density at radius 1 is 1.29 bits per heavy atom. The number of benzene rings is 2. The number of nitrogens with one attached hydrogen (secondary N) is 1. The van der Waals surface area contributed by atoms with Crippen molar-refractivity contribution in [3.05, 3.63) is 62.7 Å². The minimum absolute atomic E-state index is 0.0372. The van der Waals surface area contributed by atoms with Crippen molar-refractivity contribution < 1.29 is 9.90 Å². The third-order valence-electron chi connectivity index (χ3n) is 2.87. The predicted octanol–water partition coefficient (Wildman–Crippen LogP) is 2.56. The van der Waals surface area contributed by atoms with Crippen molar-refractivity contribution in [1.29, 1.82) is 0 Å². The predicted molar refractivity (Wildman–Crippen MR) is 94.3 cm³/mol. The lowest BCUT2D eigenvalue weighted by Crippen LogP contribution is -2.23. The van der Waals surface area contributed by atoms with Crippen molar-refractivity contribution in [3.8, 4) is 5.75 Å². The number of aromatic hydroxyl groups is 1. The molecule has 0 aliphatic rings. The van der Waals surface area contributed by atoms with Gasteiger partial charge in [0.1, 0.15) is 10.7 Å². The first-order chi connectivity index (χ1) is 9.97. The third-order valence-corrected chi connectivity index (χ3v) is 3.77. The Hall–Kier alpha value is -1.67. The van der Waals surface area contributed by atoms with Crippen LogP contribution in [-0.4, -0.2) is 16.0 Å². The van der Waals surface area contributed by atoms with Crippen molar-refractivity contribution in [2.45, 2.75) is 6.54 Å². The number of nitrogens with two attached hydrogens (primary N) is 1. The summed E-state index contributed by atoms with van der Waals surface area (Å²) in [4.78, 5) is 12.4. The molecule has 0 radical (unpaired) electrons. The molecule has 0 atom stereocenters. The average Bonchev–Trinajstić information content (AvgIpc) is 2.47. The Labute approximate surface area is 141 Å². The molecular formula is C15H13IN2O2S. The quantitative estimate of drug-likeness (QED) is 0.533. The first kappa shape index (κ1) is 15.7. The molecule has 4 N–H and O–H groups in total. The molecule has 0 heterocycles. The Bertz CT molecular complexity index is 704. The smallest absolute Gasteiger partial charge is 0.255 e. The van der Waals surface area contributed by atoms with Crippen LogP contribution in [0.5, 0.6) is 5.75 Å². The minimum atomic E-state index is -0.327.